The zero-order chi connectivity index (χ0) is 15.9. The molecule has 1 fully saturated rings. The average Bonchev–Trinajstić information content (AvgIpc) is 2.53. The van der Waals surface area contributed by atoms with Crippen LogP contribution in [0.1, 0.15) is 44.2 Å². The van der Waals surface area contributed by atoms with Crippen molar-refractivity contribution in [1.29, 1.82) is 0 Å². The molecule has 6 nitrogen and oxygen atoms in total. The monoisotopic (exact) mass is 379 g/mol. The van der Waals surface area contributed by atoms with Gasteiger partial charge in [0.15, 0.2) is 5.75 Å². The molecule has 2 N–H and O–H groups in total. The quantitative estimate of drug-likeness (QED) is 0.429. The zero-order valence-corrected chi connectivity index (χ0v) is 15.6. The number of rotatable bonds is 7. The van der Waals surface area contributed by atoms with Gasteiger partial charge in [0.1, 0.15) is 0 Å². The van der Waals surface area contributed by atoms with Crippen LogP contribution in [0.4, 0.5) is 5.69 Å². The molecular formula is C16H27Cl2N3O3. The highest BCUT2D eigenvalue weighted by Crippen LogP contribution is 2.33. The SMILES string of the molecule is CCCCC[C@H](c1ccc(O)c([N+](=O)[O-])c1)N1CCNCC1.Cl.Cl. The molecular weight excluding hydrogens is 353 g/mol. The van der Waals surface area contributed by atoms with Crippen LogP contribution in [0.25, 0.3) is 0 Å². The lowest BCUT2D eigenvalue weighted by Crippen LogP contribution is -2.45. The maximum Gasteiger partial charge on any atom is 0.311 e. The van der Waals surface area contributed by atoms with Gasteiger partial charge in [-0.25, -0.2) is 0 Å². The average molecular weight is 380 g/mol. The van der Waals surface area contributed by atoms with Crippen LogP contribution in [0.3, 0.4) is 0 Å². The third kappa shape index (κ3) is 6.09. The lowest BCUT2D eigenvalue weighted by Gasteiger charge is -2.35. The number of unbranched alkanes of at least 4 members (excludes halogenated alkanes) is 2. The van der Waals surface area contributed by atoms with Gasteiger partial charge in [0.2, 0.25) is 0 Å². The first kappa shape index (κ1) is 22.9. The zero-order valence-electron chi connectivity index (χ0n) is 13.9. The van der Waals surface area contributed by atoms with E-state index in [1.807, 2.05) is 6.07 Å². The number of hydrogen-bond acceptors (Lipinski definition) is 5. The summed E-state index contributed by atoms with van der Waals surface area (Å²) in [6, 6.07) is 4.99. The normalized spacial score (nSPS) is 15.9. The third-order valence-electron chi connectivity index (χ3n) is 4.25. The minimum absolute atomic E-state index is 0. The van der Waals surface area contributed by atoms with Crippen molar-refractivity contribution in [2.75, 3.05) is 26.2 Å². The Kier molecular flexibility index (Phi) is 11.0. The van der Waals surface area contributed by atoms with Crippen molar-refractivity contribution >= 4 is 30.5 Å². The van der Waals surface area contributed by atoms with Crippen LogP contribution in [0.2, 0.25) is 0 Å². The number of nitro benzene ring substituents is 1. The van der Waals surface area contributed by atoms with Crippen LogP contribution in [0, 0.1) is 10.1 Å². The Morgan fingerprint density at radius 3 is 2.54 bits per heavy atom. The van der Waals surface area contributed by atoms with Crippen LogP contribution in [0.5, 0.6) is 5.75 Å². The molecule has 1 aliphatic heterocycles. The van der Waals surface area contributed by atoms with E-state index in [1.54, 1.807) is 0 Å². The highest BCUT2D eigenvalue weighted by atomic mass is 35.5. The van der Waals surface area contributed by atoms with Gasteiger partial charge < -0.3 is 10.4 Å². The van der Waals surface area contributed by atoms with Crippen molar-refractivity contribution in [2.24, 2.45) is 0 Å². The van der Waals surface area contributed by atoms with E-state index in [0.717, 1.165) is 51.0 Å². The van der Waals surface area contributed by atoms with Gasteiger partial charge in [0.25, 0.3) is 0 Å². The second kappa shape index (κ2) is 11.5. The number of piperazine rings is 1. The molecule has 0 amide bonds. The number of halogens is 2. The summed E-state index contributed by atoms with van der Waals surface area (Å²) in [7, 11) is 0. The van der Waals surface area contributed by atoms with E-state index in [2.05, 4.69) is 17.1 Å². The first-order valence-corrected chi connectivity index (χ1v) is 8.05. The number of phenolic OH excluding ortho intramolecular Hbond substituents is 1. The van der Waals surface area contributed by atoms with Crippen LogP contribution in [-0.4, -0.2) is 41.1 Å². The standard InChI is InChI=1S/C16H25N3O3.2ClH/c1-2-3-4-5-14(18-10-8-17-9-11-18)13-6-7-16(20)15(12-13)19(21)22;;/h6-7,12,14,17,20H,2-5,8-11H2,1H3;2*1H/t14-;;/m1../s1. The van der Waals surface area contributed by atoms with E-state index in [-0.39, 0.29) is 42.3 Å². The minimum Gasteiger partial charge on any atom is -0.502 e. The van der Waals surface area contributed by atoms with Gasteiger partial charge in [-0.05, 0) is 18.1 Å². The van der Waals surface area contributed by atoms with Crippen LogP contribution in [-0.2, 0) is 0 Å². The van der Waals surface area contributed by atoms with E-state index >= 15 is 0 Å². The number of nitro groups is 1. The lowest BCUT2D eigenvalue weighted by atomic mass is 9.97. The summed E-state index contributed by atoms with van der Waals surface area (Å²) in [6.07, 6.45) is 4.43. The number of phenols is 1. The highest BCUT2D eigenvalue weighted by Gasteiger charge is 2.24. The molecule has 138 valence electrons. The second-order valence-corrected chi connectivity index (χ2v) is 5.80. The smallest absolute Gasteiger partial charge is 0.311 e. The van der Waals surface area contributed by atoms with Gasteiger partial charge in [-0.1, -0.05) is 32.3 Å². The lowest BCUT2D eigenvalue weighted by molar-refractivity contribution is -0.386. The molecule has 1 aliphatic rings. The second-order valence-electron chi connectivity index (χ2n) is 5.80. The Balaban J connectivity index is 0.00000264. The van der Waals surface area contributed by atoms with Crippen LogP contribution >= 0.6 is 24.8 Å². The molecule has 0 bridgehead atoms. The summed E-state index contributed by atoms with van der Waals surface area (Å²) >= 11 is 0. The van der Waals surface area contributed by atoms with E-state index in [1.165, 1.54) is 18.6 Å². The van der Waals surface area contributed by atoms with Gasteiger partial charge in [0.05, 0.1) is 4.92 Å². The minimum atomic E-state index is -0.514. The summed E-state index contributed by atoms with van der Waals surface area (Å²) < 4.78 is 0. The van der Waals surface area contributed by atoms with Crippen molar-refractivity contribution in [3.05, 3.63) is 33.9 Å². The fraction of sp³-hybridized carbons (Fsp3) is 0.625. The molecule has 2 rings (SSSR count). The van der Waals surface area contributed by atoms with Crippen molar-refractivity contribution in [3.8, 4) is 5.75 Å². The fourth-order valence-electron chi connectivity index (χ4n) is 3.04. The summed E-state index contributed by atoms with van der Waals surface area (Å²) in [4.78, 5) is 12.9. The third-order valence-corrected chi connectivity index (χ3v) is 4.25. The summed E-state index contributed by atoms with van der Waals surface area (Å²) in [5.74, 6) is -0.263. The first-order valence-electron chi connectivity index (χ1n) is 8.05. The summed E-state index contributed by atoms with van der Waals surface area (Å²) in [5.41, 5.74) is 0.732. The van der Waals surface area contributed by atoms with E-state index in [4.69, 9.17) is 0 Å². The molecule has 24 heavy (non-hydrogen) atoms. The van der Waals surface area contributed by atoms with Crippen LogP contribution in [0.15, 0.2) is 18.2 Å². The van der Waals surface area contributed by atoms with Gasteiger partial charge >= 0.3 is 5.69 Å². The van der Waals surface area contributed by atoms with E-state index in [9.17, 15) is 15.2 Å². The fourth-order valence-corrected chi connectivity index (χ4v) is 3.04. The number of nitrogens with zero attached hydrogens (tertiary/aromatic N) is 2. The maximum absolute atomic E-state index is 11.1. The predicted octanol–water partition coefficient (Wildman–Crippen LogP) is 3.67. The Morgan fingerprint density at radius 1 is 1.29 bits per heavy atom. The van der Waals surface area contributed by atoms with E-state index in [0.29, 0.717) is 0 Å². The van der Waals surface area contributed by atoms with Crippen molar-refractivity contribution in [3.63, 3.8) is 0 Å². The number of aromatic hydroxyl groups is 1. The van der Waals surface area contributed by atoms with Crippen LogP contribution < -0.4 is 5.32 Å². The molecule has 1 aromatic carbocycles. The maximum atomic E-state index is 11.1. The summed E-state index contributed by atoms with van der Waals surface area (Å²) in [5, 5.41) is 24.0. The molecule has 0 aliphatic carbocycles. The predicted molar refractivity (Wildman–Crippen MR) is 101 cm³/mol. The molecule has 1 aromatic rings. The molecule has 0 aromatic heterocycles. The number of benzene rings is 1. The van der Waals surface area contributed by atoms with Gasteiger partial charge in [-0.2, -0.15) is 0 Å². The van der Waals surface area contributed by atoms with Crippen molar-refractivity contribution < 1.29 is 10.0 Å². The first-order chi connectivity index (χ1) is 10.6. The number of hydrogen-bond donors (Lipinski definition) is 2. The van der Waals surface area contributed by atoms with Crippen molar-refractivity contribution in [2.45, 2.75) is 38.6 Å². The Labute approximate surface area is 155 Å². The van der Waals surface area contributed by atoms with Crippen molar-refractivity contribution in [1.82, 2.24) is 10.2 Å². The topological polar surface area (TPSA) is 78.6 Å². The molecule has 8 heteroatoms. The molecule has 0 spiro atoms. The molecule has 0 radical (unpaired) electrons. The van der Waals surface area contributed by atoms with Gasteiger partial charge in [-0.3, -0.25) is 15.0 Å². The molecule has 0 saturated carbocycles. The van der Waals surface area contributed by atoms with Gasteiger partial charge in [0, 0.05) is 38.3 Å². The Hall–Kier alpha value is -1.08. The summed E-state index contributed by atoms with van der Waals surface area (Å²) in [6.45, 7) is 5.97. The molecule has 0 unspecified atom stereocenters. The largest absolute Gasteiger partial charge is 0.502 e. The number of nitrogens with one attached hydrogen (secondary N) is 1. The Bertz CT molecular complexity index is 511. The Morgan fingerprint density at radius 2 is 1.96 bits per heavy atom. The van der Waals surface area contributed by atoms with E-state index < -0.39 is 4.92 Å². The molecule has 1 saturated heterocycles. The molecule has 1 heterocycles. The highest BCUT2D eigenvalue weighted by molar-refractivity contribution is 5.85. The van der Waals surface area contributed by atoms with Gasteiger partial charge in [-0.15, -0.1) is 24.8 Å². The molecule has 1 atom stereocenters.